The van der Waals surface area contributed by atoms with Gasteiger partial charge in [0.1, 0.15) is 11.3 Å². The van der Waals surface area contributed by atoms with Crippen LogP contribution in [0.4, 0.5) is 19.0 Å². The normalized spacial score (nSPS) is 11.1. The van der Waals surface area contributed by atoms with E-state index in [9.17, 15) is 13.2 Å². The zero-order chi connectivity index (χ0) is 14.7. The Morgan fingerprint density at radius 2 is 1.80 bits per heavy atom. The quantitative estimate of drug-likeness (QED) is 0.821. The number of anilines is 1. The zero-order valence-electron chi connectivity index (χ0n) is 11.6. The van der Waals surface area contributed by atoms with E-state index < -0.39 is 17.5 Å². The lowest BCUT2D eigenvalue weighted by molar-refractivity contribution is 0.452. The number of nitrogens with zero attached hydrogens (tertiary/aromatic N) is 1. The van der Waals surface area contributed by atoms with Gasteiger partial charge in [0.15, 0.2) is 17.5 Å². The van der Waals surface area contributed by atoms with Gasteiger partial charge in [-0.05, 0) is 30.5 Å². The molecule has 0 saturated carbocycles. The van der Waals surface area contributed by atoms with Crippen LogP contribution in [0.1, 0.15) is 32.3 Å². The van der Waals surface area contributed by atoms with Gasteiger partial charge < -0.3 is 5.32 Å². The standard InChI is InChI=1S/C15H17F3N2/c1-3-5-9-7-10-8-11(16)12(17)13(18)14(10)20-15(9)19-6-4-2/h7-8H,3-6H2,1-2H3,(H,19,20). The maximum atomic E-state index is 13.8. The molecule has 1 aromatic heterocycles. The first kappa shape index (κ1) is 14.6. The minimum Gasteiger partial charge on any atom is -0.370 e. The second-order valence-electron chi connectivity index (χ2n) is 4.73. The van der Waals surface area contributed by atoms with Crippen LogP contribution in [0.2, 0.25) is 0 Å². The van der Waals surface area contributed by atoms with Gasteiger partial charge >= 0.3 is 0 Å². The summed E-state index contributed by atoms with van der Waals surface area (Å²) in [4.78, 5) is 4.14. The molecule has 0 saturated heterocycles. The molecular formula is C15H17F3N2. The number of fused-ring (bicyclic) bond motifs is 1. The first-order valence-corrected chi connectivity index (χ1v) is 6.79. The minimum absolute atomic E-state index is 0.137. The number of hydrogen-bond donors (Lipinski definition) is 1. The highest BCUT2D eigenvalue weighted by molar-refractivity contribution is 5.82. The molecule has 2 aromatic rings. The summed E-state index contributed by atoms with van der Waals surface area (Å²) in [5.41, 5.74) is 0.751. The van der Waals surface area contributed by atoms with Crippen molar-refractivity contribution < 1.29 is 13.2 Å². The summed E-state index contributed by atoms with van der Waals surface area (Å²) in [6.45, 7) is 4.71. The number of hydrogen-bond acceptors (Lipinski definition) is 2. The molecule has 2 nitrogen and oxygen atoms in total. The first-order valence-electron chi connectivity index (χ1n) is 6.79. The molecule has 0 aliphatic rings. The maximum Gasteiger partial charge on any atom is 0.196 e. The van der Waals surface area contributed by atoms with Crippen molar-refractivity contribution in [2.75, 3.05) is 11.9 Å². The maximum absolute atomic E-state index is 13.8. The first-order chi connectivity index (χ1) is 9.58. The van der Waals surface area contributed by atoms with E-state index in [1.54, 1.807) is 6.07 Å². The van der Waals surface area contributed by atoms with Gasteiger partial charge in [0.05, 0.1) is 0 Å². The molecular weight excluding hydrogens is 265 g/mol. The molecule has 2 rings (SSSR count). The van der Waals surface area contributed by atoms with Crippen LogP contribution in [-0.2, 0) is 6.42 Å². The van der Waals surface area contributed by atoms with Crippen molar-refractivity contribution in [3.63, 3.8) is 0 Å². The molecule has 0 unspecified atom stereocenters. The summed E-state index contributed by atoms with van der Waals surface area (Å²) < 4.78 is 40.3. The largest absolute Gasteiger partial charge is 0.370 e. The Balaban J connectivity index is 2.61. The molecule has 0 bridgehead atoms. The molecule has 1 aromatic carbocycles. The van der Waals surface area contributed by atoms with Gasteiger partial charge in [-0.3, -0.25) is 0 Å². The van der Waals surface area contributed by atoms with Crippen LogP contribution >= 0.6 is 0 Å². The molecule has 1 heterocycles. The lowest BCUT2D eigenvalue weighted by Crippen LogP contribution is -2.07. The Morgan fingerprint density at radius 1 is 1.05 bits per heavy atom. The summed E-state index contributed by atoms with van der Waals surface area (Å²) in [5.74, 6) is -3.35. The van der Waals surface area contributed by atoms with Crippen LogP contribution in [0, 0.1) is 17.5 Å². The Labute approximate surface area is 116 Å². The van der Waals surface area contributed by atoms with Crippen molar-refractivity contribution in [1.82, 2.24) is 4.98 Å². The van der Waals surface area contributed by atoms with Crippen LogP contribution in [0.15, 0.2) is 12.1 Å². The van der Waals surface area contributed by atoms with Crippen LogP contribution in [0.25, 0.3) is 10.9 Å². The molecule has 0 aliphatic carbocycles. The minimum atomic E-state index is -1.48. The summed E-state index contributed by atoms with van der Waals surface area (Å²) in [7, 11) is 0. The van der Waals surface area contributed by atoms with Gasteiger partial charge in [-0.25, -0.2) is 18.2 Å². The summed E-state index contributed by atoms with van der Waals surface area (Å²) in [6, 6.07) is 2.67. The number of halogens is 3. The predicted molar refractivity (Wildman–Crippen MR) is 74.4 cm³/mol. The van der Waals surface area contributed by atoms with Crippen LogP contribution in [0.3, 0.4) is 0 Å². The van der Waals surface area contributed by atoms with E-state index in [1.165, 1.54) is 0 Å². The topological polar surface area (TPSA) is 24.9 Å². The molecule has 0 fully saturated rings. The molecule has 0 radical (unpaired) electrons. The Bertz CT molecular complexity index is 626. The third kappa shape index (κ3) is 2.71. The van der Waals surface area contributed by atoms with Crippen molar-refractivity contribution in [1.29, 1.82) is 0 Å². The monoisotopic (exact) mass is 282 g/mol. The number of rotatable bonds is 5. The van der Waals surface area contributed by atoms with Crippen LogP contribution in [0.5, 0.6) is 0 Å². The highest BCUT2D eigenvalue weighted by Crippen LogP contribution is 2.26. The van der Waals surface area contributed by atoms with Gasteiger partial charge in [-0.15, -0.1) is 0 Å². The second-order valence-corrected chi connectivity index (χ2v) is 4.73. The molecule has 0 spiro atoms. The van der Waals surface area contributed by atoms with Crippen molar-refractivity contribution in [2.24, 2.45) is 0 Å². The van der Waals surface area contributed by atoms with E-state index in [0.29, 0.717) is 12.4 Å². The van der Waals surface area contributed by atoms with Crippen LogP contribution in [-0.4, -0.2) is 11.5 Å². The Hall–Kier alpha value is -1.78. The molecule has 1 N–H and O–H groups in total. The highest BCUT2D eigenvalue weighted by Gasteiger charge is 2.16. The van der Waals surface area contributed by atoms with E-state index in [-0.39, 0.29) is 10.9 Å². The van der Waals surface area contributed by atoms with Gasteiger partial charge in [-0.2, -0.15) is 0 Å². The fourth-order valence-corrected chi connectivity index (χ4v) is 2.12. The molecule has 5 heteroatoms. The SMILES string of the molecule is CCCNc1nc2c(F)c(F)c(F)cc2cc1CCC. The summed E-state index contributed by atoms with van der Waals surface area (Å²) >= 11 is 0. The van der Waals surface area contributed by atoms with E-state index in [0.717, 1.165) is 30.9 Å². The summed E-state index contributed by atoms with van der Waals surface area (Å²) in [5, 5.41) is 3.39. The lowest BCUT2D eigenvalue weighted by Gasteiger charge is -2.12. The van der Waals surface area contributed by atoms with Gasteiger partial charge in [0.2, 0.25) is 0 Å². The number of nitrogens with one attached hydrogen (secondary N) is 1. The molecule has 0 amide bonds. The number of pyridine rings is 1. The second kappa shape index (κ2) is 6.11. The van der Waals surface area contributed by atoms with Gasteiger partial charge in [-0.1, -0.05) is 20.3 Å². The Kier molecular flexibility index (Phi) is 4.47. The third-order valence-corrected chi connectivity index (χ3v) is 3.09. The van der Waals surface area contributed by atoms with E-state index in [4.69, 9.17) is 0 Å². The van der Waals surface area contributed by atoms with Crippen molar-refractivity contribution in [2.45, 2.75) is 33.1 Å². The summed E-state index contributed by atoms with van der Waals surface area (Å²) in [6.07, 6.45) is 2.53. The van der Waals surface area contributed by atoms with Gasteiger partial charge in [0.25, 0.3) is 0 Å². The molecule has 0 aliphatic heterocycles. The van der Waals surface area contributed by atoms with Crippen molar-refractivity contribution >= 4 is 16.7 Å². The van der Waals surface area contributed by atoms with E-state index >= 15 is 0 Å². The Morgan fingerprint density at radius 3 is 2.45 bits per heavy atom. The van der Waals surface area contributed by atoms with Crippen molar-refractivity contribution in [3.05, 3.63) is 35.1 Å². The third-order valence-electron chi connectivity index (χ3n) is 3.09. The lowest BCUT2D eigenvalue weighted by atomic mass is 10.1. The smallest absolute Gasteiger partial charge is 0.196 e. The van der Waals surface area contributed by atoms with Crippen molar-refractivity contribution in [3.8, 4) is 0 Å². The average Bonchev–Trinajstić information content (AvgIpc) is 2.43. The van der Waals surface area contributed by atoms with Gasteiger partial charge in [0, 0.05) is 11.9 Å². The fraction of sp³-hybridized carbons (Fsp3) is 0.400. The average molecular weight is 282 g/mol. The predicted octanol–water partition coefficient (Wildman–Crippen LogP) is 4.43. The molecule has 108 valence electrons. The zero-order valence-corrected chi connectivity index (χ0v) is 11.6. The number of aryl methyl sites for hydroxylation is 1. The van der Waals surface area contributed by atoms with Crippen LogP contribution < -0.4 is 5.32 Å². The number of aromatic nitrogens is 1. The highest BCUT2D eigenvalue weighted by atomic mass is 19.2. The molecule has 0 atom stereocenters. The number of benzene rings is 1. The fourth-order valence-electron chi connectivity index (χ4n) is 2.12. The van der Waals surface area contributed by atoms with E-state index in [2.05, 4.69) is 10.3 Å². The van der Waals surface area contributed by atoms with E-state index in [1.807, 2.05) is 13.8 Å². The molecule has 20 heavy (non-hydrogen) atoms.